The smallest absolute Gasteiger partial charge is 0.414 e. The minimum absolute atomic E-state index is 0.372. The summed E-state index contributed by atoms with van der Waals surface area (Å²) in [5, 5.41) is 31.4. The van der Waals surface area contributed by atoms with Gasteiger partial charge in [-0.25, -0.2) is 14.6 Å². The van der Waals surface area contributed by atoms with Gasteiger partial charge in [-0.05, 0) is 12.1 Å². The molecule has 3 aromatic rings. The second-order valence-electron chi connectivity index (χ2n) is 8.84. The molecule has 0 amide bonds. The summed E-state index contributed by atoms with van der Waals surface area (Å²) in [6, 6.07) is 15.8. The van der Waals surface area contributed by atoms with Crippen LogP contribution in [0.1, 0.15) is 11.1 Å². The predicted octanol–water partition coefficient (Wildman–Crippen LogP) is 2.85. The van der Waals surface area contributed by atoms with Gasteiger partial charge in [0.15, 0.2) is 5.60 Å². The van der Waals surface area contributed by atoms with Gasteiger partial charge in [0.25, 0.3) is 0 Å². The summed E-state index contributed by atoms with van der Waals surface area (Å²) in [5.74, 6) is -3.65. The molecule has 2 aromatic carbocycles. The summed E-state index contributed by atoms with van der Waals surface area (Å²) < 4.78 is 2.69. The van der Waals surface area contributed by atoms with E-state index in [4.69, 9.17) is 43.0 Å². The quantitative estimate of drug-likeness (QED) is 0.270. The highest BCUT2D eigenvalue weighted by Gasteiger charge is 2.43. The Balaban J connectivity index is 0.000000538. The first kappa shape index (κ1) is 27.6. The van der Waals surface area contributed by atoms with Crippen molar-refractivity contribution in [2.75, 3.05) is 32.7 Å². The second-order valence-corrected chi connectivity index (χ2v) is 9.69. The molecule has 1 saturated heterocycles. The highest BCUT2D eigenvalue weighted by atomic mass is 35.5. The van der Waals surface area contributed by atoms with E-state index in [9.17, 15) is 5.11 Å². The van der Waals surface area contributed by atoms with E-state index in [1.807, 2.05) is 22.9 Å². The van der Waals surface area contributed by atoms with E-state index in [1.165, 1.54) is 5.56 Å². The first-order valence-corrected chi connectivity index (χ1v) is 12.1. The number of rotatable bonds is 7. The minimum atomic E-state index is -1.82. The lowest BCUT2D eigenvalue weighted by Crippen LogP contribution is -2.63. The van der Waals surface area contributed by atoms with Crippen LogP contribution in [0.25, 0.3) is 0 Å². The first-order valence-electron chi connectivity index (χ1n) is 11.3. The van der Waals surface area contributed by atoms with Crippen LogP contribution in [-0.4, -0.2) is 74.0 Å². The highest BCUT2D eigenvalue weighted by molar-refractivity contribution is 6.35. The van der Waals surface area contributed by atoms with Gasteiger partial charge in [0.05, 0.1) is 26.0 Å². The Morgan fingerprint density at radius 3 is 2.28 bits per heavy atom. The van der Waals surface area contributed by atoms with Crippen LogP contribution in [0.2, 0.25) is 10.0 Å². The molecule has 1 aromatic heterocycles. The van der Waals surface area contributed by atoms with Crippen molar-refractivity contribution >= 4 is 35.1 Å². The molecular weight excluding hydrogens is 507 g/mol. The maximum Gasteiger partial charge on any atom is 0.414 e. The molecule has 1 aliphatic rings. The van der Waals surface area contributed by atoms with Crippen LogP contribution in [0.15, 0.2) is 67.3 Å². The van der Waals surface area contributed by atoms with Crippen LogP contribution in [0, 0.1) is 0 Å². The molecule has 0 saturated carbocycles. The number of carbonyl (C=O) groups is 2. The zero-order chi connectivity index (χ0) is 26.2. The van der Waals surface area contributed by atoms with Crippen molar-refractivity contribution in [2.24, 2.45) is 0 Å². The number of quaternary nitrogens is 1. The van der Waals surface area contributed by atoms with Gasteiger partial charge >= 0.3 is 11.9 Å². The first-order chi connectivity index (χ1) is 17.1. The largest absolute Gasteiger partial charge is 0.473 e. The number of nitrogens with one attached hydrogen (secondary N) is 1. The molecule has 0 bridgehead atoms. The topological polar surface area (TPSA) is 125 Å². The van der Waals surface area contributed by atoms with Crippen molar-refractivity contribution in [2.45, 2.75) is 18.7 Å². The third kappa shape index (κ3) is 7.52. The molecule has 192 valence electrons. The number of carboxylic acids is 2. The number of hydrogen-bond acceptors (Lipinski definition) is 5. The Bertz CT molecular complexity index is 1140. The molecule has 1 aliphatic heterocycles. The molecule has 11 heteroatoms. The summed E-state index contributed by atoms with van der Waals surface area (Å²) in [6.45, 7) is 5.49. The number of hydrogen-bond donors (Lipinski definition) is 4. The lowest BCUT2D eigenvalue weighted by molar-refractivity contribution is -0.948. The summed E-state index contributed by atoms with van der Waals surface area (Å²) in [4.78, 5) is 22.4. The van der Waals surface area contributed by atoms with Gasteiger partial charge in [-0.3, -0.25) is 0 Å². The molecule has 1 fully saturated rings. The van der Waals surface area contributed by atoms with E-state index in [1.54, 1.807) is 24.7 Å². The maximum atomic E-state index is 12.1. The molecule has 1 atom stereocenters. The van der Waals surface area contributed by atoms with Crippen LogP contribution in [0.4, 0.5) is 0 Å². The number of aliphatic carboxylic acids is 2. The summed E-state index contributed by atoms with van der Waals surface area (Å²) in [5.41, 5.74) is 0.798. The number of piperazine rings is 1. The van der Waals surface area contributed by atoms with Crippen molar-refractivity contribution in [1.29, 1.82) is 0 Å². The number of imidazole rings is 1. The van der Waals surface area contributed by atoms with Crippen molar-refractivity contribution in [1.82, 2.24) is 14.9 Å². The zero-order valence-corrected chi connectivity index (χ0v) is 21.1. The van der Waals surface area contributed by atoms with Crippen LogP contribution >= 0.6 is 23.2 Å². The Hall–Kier alpha value is -2.95. The molecule has 0 radical (unpaired) electrons. The average Bonchev–Trinajstić information content (AvgIpc) is 3.33. The van der Waals surface area contributed by atoms with Gasteiger partial charge in [0.1, 0.15) is 13.1 Å². The molecule has 4 N–H and O–H groups in total. The fourth-order valence-corrected chi connectivity index (χ4v) is 5.12. The molecule has 36 heavy (non-hydrogen) atoms. The van der Waals surface area contributed by atoms with Crippen LogP contribution in [0.5, 0.6) is 0 Å². The van der Waals surface area contributed by atoms with Gasteiger partial charge in [-0.2, -0.15) is 0 Å². The van der Waals surface area contributed by atoms with E-state index >= 15 is 0 Å². The van der Waals surface area contributed by atoms with Crippen LogP contribution in [0.3, 0.4) is 0 Å². The molecule has 2 heterocycles. The van der Waals surface area contributed by atoms with E-state index in [-0.39, 0.29) is 0 Å². The second kappa shape index (κ2) is 12.3. The van der Waals surface area contributed by atoms with E-state index in [2.05, 4.69) is 34.6 Å². The SMILES string of the molecule is O=C(O)C(=O)O.OC(Cn1ccnc1)(C[N+]1(Cc2ccccc2)CCNCC1)c1ccc(Cl)cc1Cl. The number of aromatic nitrogens is 2. The van der Waals surface area contributed by atoms with Gasteiger partial charge in [0.2, 0.25) is 0 Å². The third-order valence-electron chi connectivity index (χ3n) is 6.10. The Labute approximate surface area is 219 Å². The van der Waals surface area contributed by atoms with Crippen LogP contribution in [-0.2, 0) is 28.3 Å². The third-order valence-corrected chi connectivity index (χ3v) is 6.65. The predicted molar refractivity (Wildman–Crippen MR) is 136 cm³/mol. The van der Waals surface area contributed by atoms with Gasteiger partial charge in [-0.1, -0.05) is 59.6 Å². The Kier molecular flexibility index (Phi) is 9.47. The number of aliphatic hydroxyl groups is 1. The molecule has 0 aliphatic carbocycles. The van der Waals surface area contributed by atoms with E-state index in [0.717, 1.165) is 37.2 Å². The lowest BCUT2D eigenvalue weighted by atomic mass is 9.90. The van der Waals surface area contributed by atoms with Crippen molar-refractivity contribution < 1.29 is 29.4 Å². The van der Waals surface area contributed by atoms with E-state index in [0.29, 0.717) is 28.7 Å². The fraction of sp³-hybridized carbons (Fsp3) is 0.320. The number of nitrogens with zero attached hydrogens (tertiary/aromatic N) is 3. The molecule has 0 spiro atoms. The summed E-state index contributed by atoms with van der Waals surface area (Å²) in [7, 11) is 0. The molecule has 1 unspecified atom stereocenters. The summed E-state index contributed by atoms with van der Waals surface area (Å²) in [6.07, 6.45) is 5.32. The molecule has 4 rings (SSSR count). The van der Waals surface area contributed by atoms with Crippen molar-refractivity contribution in [3.8, 4) is 0 Å². The standard InChI is InChI=1S/C23H27Cl2N4O.C2H2O4/c24-20-6-7-21(22(25)14-20)23(30,16-28-11-8-27-18-28)17-29(12-9-26-10-13-29)15-19-4-2-1-3-5-19;3-1(4)2(5)6/h1-8,11,14,18,26,30H,9-10,12-13,15-17H2;(H,3,4)(H,5,6)/q+1;. The van der Waals surface area contributed by atoms with Gasteiger partial charge in [-0.15, -0.1) is 0 Å². The van der Waals surface area contributed by atoms with Gasteiger partial charge in [0, 0.05) is 46.7 Å². The highest BCUT2D eigenvalue weighted by Crippen LogP contribution is 2.35. The van der Waals surface area contributed by atoms with Gasteiger partial charge < -0.3 is 29.7 Å². The van der Waals surface area contributed by atoms with Crippen LogP contribution < -0.4 is 5.32 Å². The Morgan fingerprint density at radius 1 is 1.06 bits per heavy atom. The molecular formula is C25H29Cl2N4O5+. The fourth-order valence-electron chi connectivity index (χ4n) is 4.54. The number of halogens is 2. The molecule has 9 nitrogen and oxygen atoms in total. The normalized spacial score (nSPS) is 16.3. The maximum absolute atomic E-state index is 12.1. The van der Waals surface area contributed by atoms with Crippen molar-refractivity contribution in [3.63, 3.8) is 0 Å². The Morgan fingerprint density at radius 2 is 1.72 bits per heavy atom. The number of benzene rings is 2. The van der Waals surface area contributed by atoms with E-state index < -0.39 is 17.5 Å². The lowest BCUT2D eigenvalue weighted by Gasteiger charge is -2.46. The average molecular weight is 536 g/mol. The minimum Gasteiger partial charge on any atom is -0.473 e. The monoisotopic (exact) mass is 535 g/mol. The van der Waals surface area contributed by atoms with Crippen molar-refractivity contribution in [3.05, 3.63) is 88.4 Å². The number of carboxylic acid groups (broad SMARTS) is 2. The summed E-state index contributed by atoms with van der Waals surface area (Å²) >= 11 is 12.7. The zero-order valence-electron chi connectivity index (χ0n) is 19.6.